The second-order valence-electron chi connectivity index (χ2n) is 4.98. The molecule has 0 aliphatic carbocycles. The number of benzene rings is 1. The van der Waals surface area contributed by atoms with Crippen LogP contribution in [0.5, 0.6) is 0 Å². The molecule has 0 aliphatic heterocycles. The Bertz CT molecular complexity index is 720. The van der Waals surface area contributed by atoms with Gasteiger partial charge in [-0.1, -0.05) is 12.1 Å². The summed E-state index contributed by atoms with van der Waals surface area (Å²) in [5.74, 6) is 1.09. The summed E-state index contributed by atoms with van der Waals surface area (Å²) in [6, 6.07) is 10.4. The van der Waals surface area contributed by atoms with Crippen LogP contribution in [0.2, 0.25) is 0 Å². The second kappa shape index (κ2) is 6.01. The first-order valence-corrected chi connectivity index (χ1v) is 7.21. The van der Waals surface area contributed by atoms with Gasteiger partial charge in [0.15, 0.2) is 0 Å². The first-order valence-electron chi connectivity index (χ1n) is 7.21. The number of fused-ring (bicyclic) bond motifs is 1. The molecule has 2 heterocycles. The second-order valence-corrected chi connectivity index (χ2v) is 4.98. The molecule has 0 bridgehead atoms. The number of likely N-dealkylation sites (N-methyl/N-ethyl adjacent to an activating group) is 1. The predicted octanol–water partition coefficient (Wildman–Crippen LogP) is 2.35. The van der Waals surface area contributed by atoms with Crippen LogP contribution in [-0.2, 0) is 13.0 Å². The summed E-state index contributed by atoms with van der Waals surface area (Å²) in [5, 5.41) is 11.1. The van der Waals surface area contributed by atoms with Gasteiger partial charge in [-0.25, -0.2) is 4.98 Å². The minimum absolute atomic E-state index is 0.183. The lowest BCUT2D eigenvalue weighted by Gasteiger charge is -2.16. The molecule has 21 heavy (non-hydrogen) atoms. The molecule has 0 aliphatic rings. The van der Waals surface area contributed by atoms with E-state index < -0.39 is 0 Å². The van der Waals surface area contributed by atoms with E-state index in [9.17, 15) is 0 Å². The Morgan fingerprint density at radius 1 is 1.19 bits per heavy atom. The van der Waals surface area contributed by atoms with Gasteiger partial charge >= 0.3 is 0 Å². The molecule has 5 nitrogen and oxygen atoms in total. The molecular weight excluding hydrogens is 262 g/mol. The van der Waals surface area contributed by atoms with Gasteiger partial charge in [-0.15, -0.1) is 0 Å². The van der Waals surface area contributed by atoms with Gasteiger partial charge in [0.25, 0.3) is 0 Å². The van der Waals surface area contributed by atoms with Crippen molar-refractivity contribution in [3.8, 4) is 0 Å². The van der Waals surface area contributed by atoms with Crippen molar-refractivity contribution in [1.29, 1.82) is 0 Å². The highest BCUT2D eigenvalue weighted by Gasteiger charge is 2.16. The molecule has 1 N–H and O–H groups in total. The van der Waals surface area contributed by atoms with E-state index >= 15 is 0 Å². The molecule has 0 spiro atoms. The number of aryl methyl sites for hydroxylation is 1. The number of nitrogens with one attached hydrogen (secondary N) is 1. The standard InChI is InChI=1S/C16H19N5/c1-3-21-15-7-5-4-6-13(15)20-16(21)10-14(17-2)12-8-9-18-19-11-12/h4-9,11,14,17H,3,10H2,1-2H3. The molecule has 0 saturated carbocycles. The summed E-state index contributed by atoms with van der Waals surface area (Å²) in [7, 11) is 1.96. The van der Waals surface area contributed by atoms with Crippen LogP contribution in [0.25, 0.3) is 11.0 Å². The van der Waals surface area contributed by atoms with Crippen LogP contribution in [0.15, 0.2) is 42.7 Å². The fraction of sp³-hybridized carbons (Fsp3) is 0.312. The van der Waals surface area contributed by atoms with Crippen molar-refractivity contribution in [2.24, 2.45) is 0 Å². The monoisotopic (exact) mass is 281 g/mol. The highest BCUT2D eigenvalue weighted by atomic mass is 15.1. The molecule has 0 saturated heterocycles. The molecule has 2 aromatic heterocycles. The number of hydrogen-bond acceptors (Lipinski definition) is 4. The molecule has 0 fully saturated rings. The summed E-state index contributed by atoms with van der Waals surface area (Å²) in [6.45, 7) is 3.07. The van der Waals surface area contributed by atoms with Crippen LogP contribution in [0.4, 0.5) is 0 Å². The van der Waals surface area contributed by atoms with Gasteiger partial charge < -0.3 is 9.88 Å². The fourth-order valence-electron chi connectivity index (χ4n) is 2.71. The summed E-state index contributed by atoms with van der Waals surface area (Å²) in [5.41, 5.74) is 3.37. The fourth-order valence-corrected chi connectivity index (χ4v) is 2.71. The van der Waals surface area contributed by atoms with Gasteiger partial charge in [0, 0.05) is 25.2 Å². The van der Waals surface area contributed by atoms with Crippen LogP contribution in [0, 0.1) is 0 Å². The van der Waals surface area contributed by atoms with Crippen molar-refractivity contribution < 1.29 is 0 Å². The Labute approximate surface area is 124 Å². The maximum Gasteiger partial charge on any atom is 0.111 e. The van der Waals surface area contributed by atoms with Crippen LogP contribution in [0.1, 0.15) is 24.4 Å². The lowest BCUT2D eigenvalue weighted by molar-refractivity contribution is 0.553. The quantitative estimate of drug-likeness (QED) is 0.780. The van der Waals surface area contributed by atoms with Gasteiger partial charge in [-0.3, -0.25) is 0 Å². The Kier molecular flexibility index (Phi) is 3.92. The van der Waals surface area contributed by atoms with Gasteiger partial charge in [0.2, 0.25) is 0 Å². The molecule has 1 aromatic carbocycles. The van der Waals surface area contributed by atoms with Crippen LogP contribution < -0.4 is 5.32 Å². The third-order valence-electron chi connectivity index (χ3n) is 3.79. The summed E-state index contributed by atoms with van der Waals surface area (Å²) >= 11 is 0. The number of imidazole rings is 1. The third-order valence-corrected chi connectivity index (χ3v) is 3.79. The Morgan fingerprint density at radius 3 is 2.76 bits per heavy atom. The average molecular weight is 281 g/mol. The molecule has 1 unspecified atom stereocenters. The first-order chi connectivity index (χ1) is 10.3. The highest BCUT2D eigenvalue weighted by Crippen LogP contribution is 2.21. The van der Waals surface area contributed by atoms with Gasteiger partial charge in [-0.05, 0) is 37.7 Å². The highest BCUT2D eigenvalue weighted by molar-refractivity contribution is 5.75. The first kappa shape index (κ1) is 13.7. The Balaban J connectivity index is 1.97. The molecule has 0 amide bonds. The van der Waals surface area contributed by atoms with Gasteiger partial charge in [-0.2, -0.15) is 10.2 Å². The van der Waals surface area contributed by atoms with Crippen LogP contribution >= 0.6 is 0 Å². The molecule has 5 heteroatoms. The van der Waals surface area contributed by atoms with E-state index in [2.05, 4.69) is 45.2 Å². The van der Waals surface area contributed by atoms with E-state index in [4.69, 9.17) is 4.98 Å². The van der Waals surface area contributed by atoms with Crippen LogP contribution in [-0.4, -0.2) is 26.8 Å². The maximum atomic E-state index is 4.78. The van der Waals surface area contributed by atoms with Gasteiger partial charge in [0.05, 0.1) is 17.2 Å². The van der Waals surface area contributed by atoms with E-state index in [1.165, 1.54) is 5.52 Å². The molecule has 3 rings (SSSR count). The molecular formula is C16H19N5. The zero-order chi connectivity index (χ0) is 14.7. The van der Waals surface area contributed by atoms with Gasteiger partial charge in [0.1, 0.15) is 5.82 Å². The van der Waals surface area contributed by atoms with Crippen molar-refractivity contribution in [2.45, 2.75) is 25.9 Å². The van der Waals surface area contributed by atoms with E-state index in [1.807, 2.05) is 19.2 Å². The summed E-state index contributed by atoms with van der Waals surface area (Å²) < 4.78 is 2.27. The summed E-state index contributed by atoms with van der Waals surface area (Å²) in [6.07, 6.45) is 4.35. The summed E-state index contributed by atoms with van der Waals surface area (Å²) in [4.78, 5) is 4.78. The van der Waals surface area contributed by atoms with E-state index in [0.29, 0.717) is 0 Å². The number of nitrogens with zero attached hydrogens (tertiary/aromatic N) is 4. The minimum atomic E-state index is 0.183. The molecule has 3 aromatic rings. The van der Waals surface area contributed by atoms with Crippen molar-refractivity contribution in [1.82, 2.24) is 25.1 Å². The lowest BCUT2D eigenvalue weighted by Crippen LogP contribution is -2.21. The zero-order valence-corrected chi connectivity index (χ0v) is 12.3. The normalized spacial score (nSPS) is 12.7. The van der Waals surface area contributed by atoms with E-state index in [0.717, 1.165) is 29.9 Å². The molecule has 0 radical (unpaired) electrons. The molecule has 108 valence electrons. The number of aromatic nitrogens is 4. The van der Waals surface area contributed by atoms with Crippen molar-refractivity contribution >= 4 is 11.0 Å². The lowest BCUT2D eigenvalue weighted by atomic mass is 10.1. The minimum Gasteiger partial charge on any atom is -0.328 e. The van der Waals surface area contributed by atoms with E-state index in [-0.39, 0.29) is 6.04 Å². The Morgan fingerprint density at radius 2 is 2.05 bits per heavy atom. The number of rotatable bonds is 5. The van der Waals surface area contributed by atoms with Crippen molar-refractivity contribution in [3.05, 3.63) is 54.1 Å². The zero-order valence-electron chi connectivity index (χ0n) is 12.3. The number of hydrogen-bond donors (Lipinski definition) is 1. The SMILES string of the molecule is CCn1c(CC(NC)c2ccnnc2)nc2ccccc21. The van der Waals surface area contributed by atoms with Crippen molar-refractivity contribution in [3.63, 3.8) is 0 Å². The largest absolute Gasteiger partial charge is 0.328 e. The molecule has 1 atom stereocenters. The predicted molar refractivity (Wildman–Crippen MR) is 82.9 cm³/mol. The smallest absolute Gasteiger partial charge is 0.111 e. The third kappa shape index (κ3) is 2.64. The van der Waals surface area contributed by atoms with Crippen molar-refractivity contribution in [2.75, 3.05) is 7.05 Å². The van der Waals surface area contributed by atoms with E-state index in [1.54, 1.807) is 12.4 Å². The van der Waals surface area contributed by atoms with Crippen LogP contribution in [0.3, 0.4) is 0 Å². The maximum absolute atomic E-state index is 4.78. The topological polar surface area (TPSA) is 55.6 Å². The average Bonchev–Trinajstić information content (AvgIpc) is 2.90. The Hall–Kier alpha value is -2.27. The number of para-hydroxylation sites is 2.